The first kappa shape index (κ1) is 11.5. The standard InChI is InChI=1S/C12H13FO2S/c13-9-4-6-11(7-5-9)16(15)12-3-1-2-10(14)8-12/h4-7,12H,1-3,8H2. The van der Waals surface area contributed by atoms with E-state index in [1.165, 1.54) is 24.3 Å². The first-order valence-electron chi connectivity index (χ1n) is 5.34. The molecule has 0 bridgehead atoms. The van der Waals surface area contributed by atoms with Crippen LogP contribution in [0.5, 0.6) is 0 Å². The molecule has 0 N–H and O–H groups in total. The summed E-state index contributed by atoms with van der Waals surface area (Å²) in [6.45, 7) is 0. The van der Waals surface area contributed by atoms with Crippen LogP contribution < -0.4 is 0 Å². The highest BCUT2D eigenvalue weighted by Crippen LogP contribution is 2.24. The normalized spacial score (nSPS) is 23.1. The van der Waals surface area contributed by atoms with E-state index in [2.05, 4.69) is 0 Å². The topological polar surface area (TPSA) is 34.1 Å². The Morgan fingerprint density at radius 1 is 1.25 bits per heavy atom. The van der Waals surface area contributed by atoms with Gasteiger partial charge in [0.25, 0.3) is 0 Å². The van der Waals surface area contributed by atoms with E-state index in [0.717, 1.165) is 12.8 Å². The number of carbonyl (C=O) groups is 1. The maximum absolute atomic E-state index is 12.7. The Hall–Kier alpha value is -1.03. The summed E-state index contributed by atoms with van der Waals surface area (Å²) >= 11 is 0. The highest BCUT2D eigenvalue weighted by molar-refractivity contribution is 7.85. The number of hydrogen-bond donors (Lipinski definition) is 0. The second-order valence-electron chi connectivity index (χ2n) is 4.01. The minimum absolute atomic E-state index is 0.0910. The number of ketones is 1. The van der Waals surface area contributed by atoms with Crippen LogP contribution in [0.4, 0.5) is 4.39 Å². The van der Waals surface area contributed by atoms with Crippen molar-refractivity contribution < 1.29 is 13.4 Å². The molecule has 0 aromatic heterocycles. The molecule has 1 aliphatic carbocycles. The van der Waals surface area contributed by atoms with Gasteiger partial charge in [-0.25, -0.2) is 4.39 Å². The lowest BCUT2D eigenvalue weighted by Gasteiger charge is -2.20. The van der Waals surface area contributed by atoms with Crippen LogP contribution >= 0.6 is 0 Å². The molecule has 2 nitrogen and oxygen atoms in total. The van der Waals surface area contributed by atoms with Gasteiger partial charge in [0.05, 0.1) is 10.8 Å². The summed E-state index contributed by atoms with van der Waals surface area (Å²) in [6.07, 6.45) is 2.63. The molecule has 4 heteroatoms. The minimum atomic E-state index is -1.19. The molecule has 1 aromatic carbocycles. The van der Waals surface area contributed by atoms with Crippen LogP contribution in [-0.4, -0.2) is 15.2 Å². The third kappa shape index (κ3) is 2.55. The molecule has 1 saturated carbocycles. The molecule has 0 heterocycles. The molecule has 0 aliphatic heterocycles. The van der Waals surface area contributed by atoms with Gasteiger partial charge < -0.3 is 0 Å². The average molecular weight is 240 g/mol. The molecule has 2 atom stereocenters. The van der Waals surface area contributed by atoms with Gasteiger partial charge in [-0.2, -0.15) is 0 Å². The SMILES string of the molecule is O=C1CCCC(S(=O)c2ccc(F)cc2)C1. The molecule has 86 valence electrons. The maximum atomic E-state index is 12.7. The van der Waals surface area contributed by atoms with Gasteiger partial charge in [-0.1, -0.05) is 0 Å². The van der Waals surface area contributed by atoms with Crippen molar-refractivity contribution in [2.45, 2.75) is 35.8 Å². The predicted octanol–water partition coefficient (Wildman–Crippen LogP) is 2.45. The van der Waals surface area contributed by atoms with E-state index in [1.807, 2.05) is 0 Å². The fraction of sp³-hybridized carbons (Fsp3) is 0.417. The van der Waals surface area contributed by atoms with Gasteiger partial charge in [0, 0.05) is 23.0 Å². The van der Waals surface area contributed by atoms with Crippen molar-refractivity contribution in [2.75, 3.05) is 0 Å². The zero-order valence-electron chi connectivity index (χ0n) is 8.82. The summed E-state index contributed by atoms with van der Waals surface area (Å²) < 4.78 is 24.8. The number of benzene rings is 1. The third-order valence-electron chi connectivity index (χ3n) is 2.79. The second kappa shape index (κ2) is 4.87. The Balaban J connectivity index is 2.12. The second-order valence-corrected chi connectivity index (χ2v) is 5.74. The van der Waals surface area contributed by atoms with Crippen molar-refractivity contribution in [2.24, 2.45) is 0 Å². The number of hydrogen-bond acceptors (Lipinski definition) is 2. The fourth-order valence-corrected chi connectivity index (χ4v) is 3.44. The van der Waals surface area contributed by atoms with Crippen LogP contribution in [-0.2, 0) is 15.6 Å². The zero-order valence-corrected chi connectivity index (χ0v) is 9.63. The predicted molar refractivity (Wildman–Crippen MR) is 60.1 cm³/mol. The minimum Gasteiger partial charge on any atom is -0.300 e. The summed E-state index contributed by atoms with van der Waals surface area (Å²) in [5.41, 5.74) is 0. The summed E-state index contributed by atoms with van der Waals surface area (Å²) in [6, 6.07) is 5.67. The van der Waals surface area contributed by atoms with Crippen molar-refractivity contribution in [1.29, 1.82) is 0 Å². The van der Waals surface area contributed by atoms with Gasteiger partial charge in [-0.3, -0.25) is 9.00 Å². The van der Waals surface area contributed by atoms with Crippen LogP contribution in [0.3, 0.4) is 0 Å². The lowest BCUT2D eigenvalue weighted by atomic mass is 9.99. The van der Waals surface area contributed by atoms with Gasteiger partial charge in [0.1, 0.15) is 11.6 Å². The van der Waals surface area contributed by atoms with Gasteiger partial charge >= 0.3 is 0 Å². The number of halogens is 1. The Kier molecular flexibility index (Phi) is 3.49. The van der Waals surface area contributed by atoms with Gasteiger partial charge in [0.2, 0.25) is 0 Å². The number of carbonyl (C=O) groups excluding carboxylic acids is 1. The molecule has 2 unspecified atom stereocenters. The molecule has 0 radical (unpaired) electrons. The third-order valence-corrected chi connectivity index (χ3v) is 4.53. The van der Waals surface area contributed by atoms with Crippen molar-refractivity contribution in [3.63, 3.8) is 0 Å². The van der Waals surface area contributed by atoms with E-state index in [-0.39, 0.29) is 16.9 Å². The Bertz CT molecular complexity index is 414. The summed E-state index contributed by atoms with van der Waals surface area (Å²) in [7, 11) is -1.19. The van der Waals surface area contributed by atoms with Crippen LogP contribution in [0.2, 0.25) is 0 Å². The first-order chi connectivity index (χ1) is 7.66. The van der Waals surface area contributed by atoms with Gasteiger partial charge in [0.15, 0.2) is 0 Å². The lowest BCUT2D eigenvalue weighted by molar-refractivity contribution is -0.120. The van der Waals surface area contributed by atoms with Crippen molar-refractivity contribution in [1.82, 2.24) is 0 Å². The molecule has 2 rings (SSSR count). The lowest BCUT2D eigenvalue weighted by Crippen LogP contribution is -2.24. The smallest absolute Gasteiger partial charge is 0.134 e. The van der Waals surface area contributed by atoms with Crippen LogP contribution in [0.15, 0.2) is 29.2 Å². The van der Waals surface area contributed by atoms with Crippen LogP contribution in [0.1, 0.15) is 25.7 Å². The van der Waals surface area contributed by atoms with E-state index >= 15 is 0 Å². The molecule has 1 fully saturated rings. The van der Waals surface area contributed by atoms with Crippen molar-refractivity contribution in [3.05, 3.63) is 30.1 Å². The summed E-state index contributed by atoms with van der Waals surface area (Å²) in [4.78, 5) is 11.9. The fourth-order valence-electron chi connectivity index (χ4n) is 1.93. The summed E-state index contributed by atoms with van der Waals surface area (Å²) in [5.74, 6) is -0.146. The summed E-state index contributed by atoms with van der Waals surface area (Å²) in [5, 5.41) is -0.0910. The van der Waals surface area contributed by atoms with Crippen molar-refractivity contribution in [3.8, 4) is 0 Å². The van der Waals surface area contributed by atoms with E-state index in [9.17, 15) is 13.4 Å². The molecular formula is C12H13FO2S. The van der Waals surface area contributed by atoms with Crippen LogP contribution in [0, 0.1) is 5.82 Å². The first-order valence-corrected chi connectivity index (χ1v) is 6.56. The van der Waals surface area contributed by atoms with Crippen LogP contribution in [0.25, 0.3) is 0 Å². The van der Waals surface area contributed by atoms with E-state index in [1.54, 1.807) is 0 Å². The molecule has 16 heavy (non-hydrogen) atoms. The van der Waals surface area contributed by atoms with E-state index < -0.39 is 10.8 Å². The average Bonchev–Trinajstić information content (AvgIpc) is 2.29. The number of rotatable bonds is 2. The Labute approximate surface area is 96.3 Å². The van der Waals surface area contributed by atoms with Gasteiger partial charge in [-0.05, 0) is 37.1 Å². The highest BCUT2D eigenvalue weighted by atomic mass is 32.2. The van der Waals surface area contributed by atoms with E-state index in [0.29, 0.717) is 17.7 Å². The zero-order chi connectivity index (χ0) is 11.5. The number of Topliss-reactive ketones (excluding diaryl/α,β-unsaturated/α-hetero) is 1. The van der Waals surface area contributed by atoms with Gasteiger partial charge in [-0.15, -0.1) is 0 Å². The monoisotopic (exact) mass is 240 g/mol. The van der Waals surface area contributed by atoms with Crippen molar-refractivity contribution >= 4 is 16.6 Å². The molecule has 0 amide bonds. The van der Waals surface area contributed by atoms with E-state index in [4.69, 9.17) is 0 Å². The largest absolute Gasteiger partial charge is 0.300 e. The highest BCUT2D eigenvalue weighted by Gasteiger charge is 2.25. The Morgan fingerprint density at radius 2 is 1.94 bits per heavy atom. The maximum Gasteiger partial charge on any atom is 0.134 e. The quantitative estimate of drug-likeness (QED) is 0.795. The Morgan fingerprint density at radius 3 is 2.56 bits per heavy atom. The molecular weight excluding hydrogens is 227 g/mol. The molecule has 0 spiro atoms. The molecule has 1 aliphatic rings. The molecule has 1 aromatic rings. The molecule has 0 saturated heterocycles.